The molecule has 0 aliphatic rings. The molecule has 1 atom stereocenters. The molecule has 1 aromatic carbocycles. The number of ether oxygens (including phenoxy) is 1. The summed E-state index contributed by atoms with van der Waals surface area (Å²) in [4.78, 5) is 20.6. The van der Waals surface area contributed by atoms with Crippen molar-refractivity contribution in [3.63, 3.8) is 0 Å². The van der Waals surface area contributed by atoms with E-state index in [2.05, 4.69) is 15.3 Å². The number of carbonyl (C=O) groups is 1. The number of halogens is 1. The fraction of sp³-hybridized carbons (Fsp3) is 0.190. The molecule has 0 aliphatic carbocycles. The molecule has 5 nitrogen and oxygen atoms in total. The molecule has 27 heavy (non-hydrogen) atoms. The maximum absolute atomic E-state index is 13.4. The lowest BCUT2D eigenvalue weighted by atomic mass is 9.99. The van der Waals surface area contributed by atoms with Crippen molar-refractivity contribution in [3.8, 4) is 16.9 Å². The average Bonchev–Trinajstić information content (AvgIpc) is 2.68. The van der Waals surface area contributed by atoms with Crippen LogP contribution in [0, 0.1) is 5.82 Å². The van der Waals surface area contributed by atoms with Crippen molar-refractivity contribution < 1.29 is 13.9 Å². The predicted molar refractivity (Wildman–Crippen MR) is 102 cm³/mol. The second-order valence-electron chi connectivity index (χ2n) is 6.21. The van der Waals surface area contributed by atoms with Crippen molar-refractivity contribution in [1.29, 1.82) is 0 Å². The molecule has 138 valence electrons. The van der Waals surface area contributed by atoms with Crippen LogP contribution in [0.4, 0.5) is 10.2 Å². The molecule has 3 rings (SSSR count). The van der Waals surface area contributed by atoms with E-state index in [1.54, 1.807) is 36.8 Å². The van der Waals surface area contributed by atoms with Gasteiger partial charge >= 0.3 is 0 Å². The molecule has 1 unspecified atom stereocenters. The first-order chi connectivity index (χ1) is 13.1. The van der Waals surface area contributed by atoms with E-state index in [4.69, 9.17) is 4.74 Å². The quantitative estimate of drug-likeness (QED) is 0.702. The molecule has 1 amide bonds. The monoisotopic (exact) mass is 365 g/mol. The average molecular weight is 365 g/mol. The molecule has 6 heteroatoms. The number of anilines is 1. The van der Waals surface area contributed by atoms with Crippen LogP contribution in [-0.4, -0.2) is 23.0 Å². The number of benzene rings is 1. The molecule has 1 N–H and O–H groups in total. The van der Waals surface area contributed by atoms with Crippen LogP contribution in [0.1, 0.15) is 24.8 Å². The summed E-state index contributed by atoms with van der Waals surface area (Å²) in [5, 5.41) is 2.82. The van der Waals surface area contributed by atoms with Gasteiger partial charge in [0.1, 0.15) is 17.4 Å². The third-order valence-corrected chi connectivity index (χ3v) is 4.27. The number of rotatable bonds is 6. The highest BCUT2D eigenvalue weighted by Crippen LogP contribution is 2.31. The number of aromatic nitrogens is 2. The second-order valence-corrected chi connectivity index (χ2v) is 6.21. The molecule has 0 saturated carbocycles. The summed E-state index contributed by atoms with van der Waals surface area (Å²) in [5.41, 5.74) is 2.55. The Morgan fingerprint density at radius 1 is 1.15 bits per heavy atom. The van der Waals surface area contributed by atoms with Gasteiger partial charge in [0.25, 0.3) is 0 Å². The Morgan fingerprint density at radius 2 is 1.93 bits per heavy atom. The number of pyridine rings is 2. The molecule has 0 fully saturated rings. The van der Waals surface area contributed by atoms with E-state index in [1.165, 1.54) is 19.2 Å². The van der Waals surface area contributed by atoms with Gasteiger partial charge in [-0.3, -0.25) is 9.78 Å². The third-order valence-electron chi connectivity index (χ3n) is 4.27. The maximum Gasteiger partial charge on any atom is 0.226 e. The van der Waals surface area contributed by atoms with Crippen LogP contribution in [0.15, 0.2) is 61.1 Å². The van der Waals surface area contributed by atoms with Crippen LogP contribution in [-0.2, 0) is 4.79 Å². The number of nitrogens with zero attached hydrogens (tertiary/aromatic N) is 2. The lowest BCUT2D eigenvalue weighted by molar-refractivity contribution is -0.116. The Bertz CT molecular complexity index is 932. The van der Waals surface area contributed by atoms with E-state index in [0.717, 1.165) is 16.7 Å². The van der Waals surface area contributed by atoms with Crippen LogP contribution in [0.3, 0.4) is 0 Å². The summed E-state index contributed by atoms with van der Waals surface area (Å²) in [6.45, 7) is 1.99. The lowest BCUT2D eigenvalue weighted by Crippen LogP contribution is -2.15. The Kier molecular flexibility index (Phi) is 5.76. The van der Waals surface area contributed by atoms with Crippen molar-refractivity contribution in [2.45, 2.75) is 19.3 Å². The van der Waals surface area contributed by atoms with E-state index in [1.807, 2.05) is 19.1 Å². The summed E-state index contributed by atoms with van der Waals surface area (Å²) in [6, 6.07) is 11.7. The van der Waals surface area contributed by atoms with Crippen LogP contribution < -0.4 is 10.1 Å². The SMILES string of the molecule is COc1cc(F)ccc1-c1ccnc(NC(=O)CC(C)c2ccncc2)c1. The topological polar surface area (TPSA) is 64.1 Å². The summed E-state index contributed by atoms with van der Waals surface area (Å²) in [6.07, 6.45) is 5.35. The van der Waals surface area contributed by atoms with Gasteiger partial charge in [0.2, 0.25) is 5.91 Å². The van der Waals surface area contributed by atoms with Gasteiger partial charge in [0, 0.05) is 36.6 Å². The highest BCUT2D eigenvalue weighted by molar-refractivity contribution is 5.91. The largest absolute Gasteiger partial charge is 0.496 e. The smallest absolute Gasteiger partial charge is 0.226 e. The highest BCUT2D eigenvalue weighted by Gasteiger charge is 2.13. The van der Waals surface area contributed by atoms with Gasteiger partial charge in [0.05, 0.1) is 7.11 Å². The highest BCUT2D eigenvalue weighted by atomic mass is 19.1. The van der Waals surface area contributed by atoms with Crippen LogP contribution >= 0.6 is 0 Å². The Balaban J connectivity index is 1.73. The predicted octanol–water partition coefficient (Wildman–Crippen LogP) is 4.42. The number of hydrogen-bond donors (Lipinski definition) is 1. The van der Waals surface area contributed by atoms with E-state index < -0.39 is 0 Å². The van der Waals surface area contributed by atoms with E-state index in [0.29, 0.717) is 18.0 Å². The van der Waals surface area contributed by atoms with Gasteiger partial charge in [0.15, 0.2) is 0 Å². The number of hydrogen-bond acceptors (Lipinski definition) is 4. The number of amides is 1. The van der Waals surface area contributed by atoms with Crippen LogP contribution in [0.2, 0.25) is 0 Å². The van der Waals surface area contributed by atoms with Gasteiger partial charge in [-0.2, -0.15) is 0 Å². The van der Waals surface area contributed by atoms with Gasteiger partial charge in [-0.1, -0.05) is 6.92 Å². The Hall–Kier alpha value is -3.28. The summed E-state index contributed by atoms with van der Waals surface area (Å²) in [7, 11) is 1.49. The molecule has 0 radical (unpaired) electrons. The normalized spacial score (nSPS) is 11.7. The zero-order valence-corrected chi connectivity index (χ0v) is 15.1. The third kappa shape index (κ3) is 4.67. The number of nitrogens with one attached hydrogen (secondary N) is 1. The standard InChI is InChI=1S/C21H20FN3O2/c1-14(15-5-8-23-9-6-15)11-21(26)25-20-12-16(7-10-24-20)18-4-3-17(22)13-19(18)27-2/h3-10,12-14H,11H2,1-2H3,(H,24,25,26). The molecule has 0 saturated heterocycles. The molecular weight excluding hydrogens is 345 g/mol. The van der Waals surface area contributed by atoms with Crippen molar-refractivity contribution >= 4 is 11.7 Å². The van der Waals surface area contributed by atoms with E-state index in [9.17, 15) is 9.18 Å². The van der Waals surface area contributed by atoms with Crippen molar-refractivity contribution in [3.05, 3.63) is 72.4 Å². The summed E-state index contributed by atoms with van der Waals surface area (Å²) >= 11 is 0. The van der Waals surface area contributed by atoms with Crippen molar-refractivity contribution in [2.75, 3.05) is 12.4 Å². The first kappa shape index (κ1) is 18.5. The zero-order valence-electron chi connectivity index (χ0n) is 15.1. The zero-order chi connectivity index (χ0) is 19.2. The van der Waals surface area contributed by atoms with Gasteiger partial charge in [-0.15, -0.1) is 0 Å². The van der Waals surface area contributed by atoms with Crippen molar-refractivity contribution in [1.82, 2.24) is 9.97 Å². The first-order valence-corrected chi connectivity index (χ1v) is 8.56. The fourth-order valence-corrected chi connectivity index (χ4v) is 2.85. The van der Waals surface area contributed by atoms with E-state index >= 15 is 0 Å². The maximum atomic E-state index is 13.4. The number of methoxy groups -OCH3 is 1. The molecule has 2 heterocycles. The molecule has 0 spiro atoms. The minimum atomic E-state index is -0.372. The minimum Gasteiger partial charge on any atom is -0.496 e. The molecule has 3 aromatic rings. The summed E-state index contributed by atoms with van der Waals surface area (Å²) < 4.78 is 18.7. The van der Waals surface area contributed by atoms with Gasteiger partial charge in [-0.05, 0) is 53.4 Å². The summed E-state index contributed by atoms with van der Waals surface area (Å²) in [5.74, 6) is 0.419. The van der Waals surface area contributed by atoms with E-state index in [-0.39, 0.29) is 17.6 Å². The minimum absolute atomic E-state index is 0.0633. The van der Waals surface area contributed by atoms with Gasteiger partial charge < -0.3 is 10.1 Å². The first-order valence-electron chi connectivity index (χ1n) is 8.56. The molecular formula is C21H20FN3O2. The van der Waals surface area contributed by atoms with Gasteiger partial charge in [-0.25, -0.2) is 9.37 Å². The van der Waals surface area contributed by atoms with Crippen LogP contribution in [0.5, 0.6) is 5.75 Å². The second kappa shape index (κ2) is 8.40. The Morgan fingerprint density at radius 3 is 2.67 bits per heavy atom. The van der Waals surface area contributed by atoms with Crippen molar-refractivity contribution in [2.24, 2.45) is 0 Å². The Labute approximate surface area is 157 Å². The number of carbonyl (C=O) groups excluding carboxylic acids is 1. The molecule has 0 aliphatic heterocycles. The fourth-order valence-electron chi connectivity index (χ4n) is 2.85. The molecule has 0 bridgehead atoms. The lowest BCUT2D eigenvalue weighted by Gasteiger charge is -2.13. The molecule has 2 aromatic heterocycles. The van der Waals surface area contributed by atoms with Crippen LogP contribution in [0.25, 0.3) is 11.1 Å².